The number of primary amides is 1. The van der Waals surface area contributed by atoms with Crippen LogP contribution in [0.5, 0.6) is 0 Å². The Morgan fingerprint density at radius 3 is 2.55 bits per heavy atom. The van der Waals surface area contributed by atoms with Crippen molar-refractivity contribution in [2.45, 2.75) is 24.3 Å². The van der Waals surface area contributed by atoms with Crippen molar-refractivity contribution in [3.05, 3.63) is 28.2 Å². The average Bonchev–Trinajstić information content (AvgIpc) is 2.80. The summed E-state index contributed by atoms with van der Waals surface area (Å²) in [4.78, 5) is 11.4. The van der Waals surface area contributed by atoms with E-state index in [1.807, 2.05) is 6.92 Å². The monoisotopic (exact) mass is 411 g/mol. The lowest BCUT2D eigenvalue weighted by atomic mass is 10.1. The minimum atomic E-state index is -3.67. The predicted molar refractivity (Wildman–Crippen MR) is 90.4 cm³/mol. The highest BCUT2D eigenvalue weighted by Crippen LogP contribution is 2.30. The fourth-order valence-corrected chi connectivity index (χ4v) is 5.04. The molecule has 2 rings (SSSR count). The van der Waals surface area contributed by atoms with Gasteiger partial charge in [0.05, 0.1) is 4.90 Å². The van der Waals surface area contributed by atoms with Gasteiger partial charge in [-0.15, -0.1) is 12.4 Å². The summed E-state index contributed by atoms with van der Waals surface area (Å²) in [6.45, 7) is 2.72. The molecule has 0 aromatic heterocycles. The van der Waals surface area contributed by atoms with Crippen LogP contribution in [-0.2, 0) is 10.0 Å². The van der Waals surface area contributed by atoms with Gasteiger partial charge in [0.1, 0.15) is 0 Å². The van der Waals surface area contributed by atoms with E-state index >= 15 is 0 Å². The lowest BCUT2D eigenvalue weighted by Crippen LogP contribution is -2.34. The molecule has 0 bridgehead atoms. The number of nitrogens with zero attached hydrogens (tertiary/aromatic N) is 1. The second kappa shape index (κ2) is 7.27. The summed E-state index contributed by atoms with van der Waals surface area (Å²) in [7, 11) is -3.67. The number of rotatable bonds is 4. The van der Waals surface area contributed by atoms with Gasteiger partial charge in [-0.05, 0) is 44.0 Å². The Kier molecular flexibility index (Phi) is 6.40. The molecule has 1 aromatic carbocycles. The van der Waals surface area contributed by atoms with E-state index < -0.39 is 15.9 Å². The van der Waals surface area contributed by atoms with Gasteiger partial charge in [-0.25, -0.2) is 8.42 Å². The number of carbonyl (C=O) groups is 1. The zero-order chi connectivity index (χ0) is 15.8. The number of nitrogens with two attached hydrogens (primary N) is 2. The number of hydrogen-bond donors (Lipinski definition) is 2. The van der Waals surface area contributed by atoms with Crippen LogP contribution in [0.4, 0.5) is 0 Å². The van der Waals surface area contributed by atoms with Crippen molar-refractivity contribution in [2.24, 2.45) is 17.4 Å². The van der Waals surface area contributed by atoms with Crippen molar-refractivity contribution in [3.8, 4) is 0 Å². The van der Waals surface area contributed by atoms with E-state index in [1.54, 1.807) is 0 Å². The fourth-order valence-electron chi connectivity index (χ4n) is 2.60. The molecule has 2 atom stereocenters. The first-order valence-corrected chi connectivity index (χ1v) is 8.81. The topological polar surface area (TPSA) is 106 Å². The Labute approximate surface area is 144 Å². The molecule has 1 heterocycles. The van der Waals surface area contributed by atoms with E-state index in [-0.39, 0.29) is 34.8 Å². The summed E-state index contributed by atoms with van der Waals surface area (Å²) in [6.07, 6.45) is 0.742. The van der Waals surface area contributed by atoms with Crippen molar-refractivity contribution in [3.63, 3.8) is 0 Å². The van der Waals surface area contributed by atoms with Crippen molar-refractivity contribution < 1.29 is 13.2 Å². The van der Waals surface area contributed by atoms with Crippen LogP contribution in [0, 0.1) is 5.92 Å². The lowest BCUT2D eigenvalue weighted by Gasteiger charge is -2.21. The summed E-state index contributed by atoms with van der Waals surface area (Å²) >= 11 is 3.21. The highest BCUT2D eigenvalue weighted by molar-refractivity contribution is 9.10. The zero-order valence-corrected chi connectivity index (χ0v) is 15.2. The highest BCUT2D eigenvalue weighted by Gasteiger charge is 2.37. The SMILES string of the molecule is CC1CC(CN)CN1S(=O)(=O)c1cc(Br)cc(C(N)=O)c1.Cl. The lowest BCUT2D eigenvalue weighted by molar-refractivity contribution is 0.1000. The Hall–Kier alpha value is -0.670. The minimum Gasteiger partial charge on any atom is -0.366 e. The normalized spacial score (nSPS) is 22.3. The molecule has 4 N–H and O–H groups in total. The molecule has 1 fully saturated rings. The molecule has 0 spiro atoms. The molecule has 1 saturated heterocycles. The molecule has 2 unspecified atom stereocenters. The van der Waals surface area contributed by atoms with Crippen LogP contribution in [-0.4, -0.2) is 37.8 Å². The molecule has 9 heteroatoms. The van der Waals surface area contributed by atoms with E-state index in [0.29, 0.717) is 17.6 Å². The summed E-state index contributed by atoms with van der Waals surface area (Å²) in [5.74, 6) is -0.500. The Bertz CT molecular complexity index is 668. The highest BCUT2D eigenvalue weighted by atomic mass is 79.9. The van der Waals surface area contributed by atoms with Crippen LogP contribution in [0.25, 0.3) is 0 Å². The van der Waals surface area contributed by atoms with E-state index in [1.165, 1.54) is 22.5 Å². The van der Waals surface area contributed by atoms with E-state index in [0.717, 1.165) is 6.42 Å². The van der Waals surface area contributed by atoms with Gasteiger partial charge >= 0.3 is 0 Å². The largest absolute Gasteiger partial charge is 0.366 e. The number of benzene rings is 1. The molecule has 0 radical (unpaired) electrons. The van der Waals surface area contributed by atoms with Crippen molar-refractivity contribution in [1.29, 1.82) is 0 Å². The first-order chi connectivity index (χ1) is 9.75. The molecular formula is C13H19BrClN3O3S. The molecule has 124 valence electrons. The average molecular weight is 413 g/mol. The first-order valence-electron chi connectivity index (χ1n) is 6.58. The Morgan fingerprint density at radius 2 is 2.05 bits per heavy atom. The molecule has 0 saturated carbocycles. The summed E-state index contributed by atoms with van der Waals surface area (Å²) < 4.78 is 27.4. The second-order valence-electron chi connectivity index (χ2n) is 5.30. The van der Waals surface area contributed by atoms with Crippen LogP contribution >= 0.6 is 28.3 Å². The molecule has 0 aliphatic carbocycles. The summed E-state index contributed by atoms with van der Waals surface area (Å²) in [6, 6.07) is 4.17. The van der Waals surface area contributed by atoms with Gasteiger partial charge in [0, 0.05) is 22.6 Å². The standard InChI is InChI=1S/C13H18BrN3O3S.ClH/c1-8-2-9(6-15)7-17(8)21(19,20)12-4-10(13(16)18)3-11(14)5-12;/h3-5,8-9H,2,6-7,15H2,1H3,(H2,16,18);1H. The van der Waals surface area contributed by atoms with Gasteiger partial charge < -0.3 is 11.5 Å². The molecule has 1 aliphatic heterocycles. The van der Waals surface area contributed by atoms with Gasteiger partial charge in [0.2, 0.25) is 15.9 Å². The molecule has 1 aliphatic rings. The maximum atomic E-state index is 12.7. The van der Waals surface area contributed by atoms with Gasteiger partial charge in [-0.2, -0.15) is 4.31 Å². The van der Waals surface area contributed by atoms with Crippen molar-refractivity contribution in [1.82, 2.24) is 4.31 Å². The number of amides is 1. The number of halogens is 2. The number of hydrogen-bond acceptors (Lipinski definition) is 4. The predicted octanol–water partition coefficient (Wildman–Crippen LogP) is 1.33. The summed E-state index contributed by atoms with van der Waals surface area (Å²) in [5, 5.41) is 0. The third-order valence-corrected chi connectivity index (χ3v) is 6.12. The number of carbonyl (C=O) groups excluding carboxylic acids is 1. The van der Waals surface area contributed by atoms with E-state index in [4.69, 9.17) is 11.5 Å². The van der Waals surface area contributed by atoms with Gasteiger partial charge in [-0.1, -0.05) is 15.9 Å². The first kappa shape index (κ1) is 19.4. The molecule has 6 nitrogen and oxygen atoms in total. The minimum absolute atomic E-state index is 0. The maximum Gasteiger partial charge on any atom is 0.248 e. The third kappa shape index (κ3) is 3.80. The molecule has 1 aromatic rings. The molecule has 22 heavy (non-hydrogen) atoms. The molecule has 1 amide bonds. The zero-order valence-electron chi connectivity index (χ0n) is 12.0. The number of sulfonamides is 1. The van der Waals surface area contributed by atoms with Crippen LogP contribution in [0.2, 0.25) is 0 Å². The van der Waals surface area contributed by atoms with Gasteiger partial charge in [0.25, 0.3) is 0 Å². The summed E-state index contributed by atoms with van der Waals surface area (Å²) in [5.41, 5.74) is 11.0. The van der Waals surface area contributed by atoms with Gasteiger partial charge in [0.15, 0.2) is 0 Å². The molecular weight excluding hydrogens is 394 g/mol. The van der Waals surface area contributed by atoms with E-state index in [9.17, 15) is 13.2 Å². The van der Waals surface area contributed by atoms with Crippen molar-refractivity contribution >= 4 is 44.3 Å². The quantitative estimate of drug-likeness (QED) is 0.778. The Balaban J connectivity index is 0.00000242. The maximum absolute atomic E-state index is 12.7. The van der Waals surface area contributed by atoms with Crippen LogP contribution in [0.15, 0.2) is 27.6 Å². The fraction of sp³-hybridized carbons (Fsp3) is 0.462. The van der Waals surface area contributed by atoms with Crippen molar-refractivity contribution in [2.75, 3.05) is 13.1 Å². The van der Waals surface area contributed by atoms with E-state index in [2.05, 4.69) is 15.9 Å². The third-order valence-electron chi connectivity index (χ3n) is 3.70. The second-order valence-corrected chi connectivity index (χ2v) is 8.11. The van der Waals surface area contributed by atoms with Crippen LogP contribution in [0.3, 0.4) is 0 Å². The van der Waals surface area contributed by atoms with Crippen LogP contribution < -0.4 is 11.5 Å². The van der Waals surface area contributed by atoms with Gasteiger partial charge in [-0.3, -0.25) is 4.79 Å². The Morgan fingerprint density at radius 1 is 1.41 bits per heavy atom. The van der Waals surface area contributed by atoms with Crippen LogP contribution in [0.1, 0.15) is 23.7 Å². The smallest absolute Gasteiger partial charge is 0.248 e.